The summed E-state index contributed by atoms with van der Waals surface area (Å²) < 4.78 is 5.10. The molecule has 0 saturated carbocycles. The smallest absolute Gasteiger partial charge is 0.118 e. The lowest BCUT2D eigenvalue weighted by Crippen LogP contribution is -1.81. The summed E-state index contributed by atoms with van der Waals surface area (Å²) in [6, 6.07) is 13.4. The highest BCUT2D eigenvalue weighted by atomic mass is 35.5. The van der Waals surface area contributed by atoms with Gasteiger partial charge in [0.2, 0.25) is 0 Å². The summed E-state index contributed by atoms with van der Waals surface area (Å²) in [4.78, 5) is 0. The predicted octanol–water partition coefficient (Wildman–Crippen LogP) is 5.17. The summed E-state index contributed by atoms with van der Waals surface area (Å²) in [5.41, 5.74) is 1.98. The van der Waals surface area contributed by atoms with Gasteiger partial charge in [-0.1, -0.05) is 59.6 Å². The van der Waals surface area contributed by atoms with Crippen LogP contribution in [0, 0.1) is 0 Å². The van der Waals surface area contributed by atoms with Gasteiger partial charge in [-0.05, 0) is 29.3 Å². The molecule has 0 aliphatic rings. The number of halogens is 2. The lowest BCUT2D eigenvalue weighted by molar-refractivity contribution is 0.415. The molecule has 18 heavy (non-hydrogen) atoms. The molecule has 0 radical (unpaired) electrons. The van der Waals surface area contributed by atoms with Crippen LogP contribution in [-0.4, -0.2) is 7.11 Å². The molecular weight excluding hydrogens is 267 g/mol. The third kappa shape index (κ3) is 3.06. The van der Waals surface area contributed by atoms with Crippen LogP contribution in [0.3, 0.4) is 0 Å². The molecule has 92 valence electrons. The molecule has 3 heteroatoms. The summed E-state index contributed by atoms with van der Waals surface area (Å²) in [7, 11) is 1.65. The molecule has 2 rings (SSSR count). The van der Waals surface area contributed by atoms with E-state index >= 15 is 0 Å². The third-order valence-corrected chi connectivity index (χ3v) is 3.39. The molecule has 0 aliphatic carbocycles. The van der Waals surface area contributed by atoms with Crippen LogP contribution in [0.2, 0.25) is 10.0 Å². The van der Waals surface area contributed by atoms with Crippen LogP contribution in [0.1, 0.15) is 11.1 Å². The number of hydrogen-bond acceptors (Lipinski definition) is 1. The van der Waals surface area contributed by atoms with Gasteiger partial charge in [-0.15, -0.1) is 0 Å². The molecule has 0 fully saturated rings. The van der Waals surface area contributed by atoms with E-state index < -0.39 is 0 Å². The van der Waals surface area contributed by atoms with Gasteiger partial charge < -0.3 is 4.74 Å². The van der Waals surface area contributed by atoms with Crippen molar-refractivity contribution in [3.63, 3.8) is 0 Å². The highest BCUT2D eigenvalue weighted by molar-refractivity contribution is 6.42. The van der Waals surface area contributed by atoms with E-state index in [1.165, 1.54) is 0 Å². The zero-order chi connectivity index (χ0) is 13.0. The quantitative estimate of drug-likeness (QED) is 0.704. The Labute approximate surface area is 117 Å². The number of hydrogen-bond donors (Lipinski definition) is 0. The van der Waals surface area contributed by atoms with E-state index in [1.807, 2.05) is 48.6 Å². The highest BCUT2D eigenvalue weighted by Gasteiger charge is 2.00. The lowest BCUT2D eigenvalue weighted by atomic mass is 10.1. The Kier molecular flexibility index (Phi) is 4.29. The van der Waals surface area contributed by atoms with E-state index in [0.717, 1.165) is 16.9 Å². The molecule has 0 atom stereocenters. The fraction of sp³-hybridized carbons (Fsp3) is 0.0667. The van der Waals surface area contributed by atoms with E-state index in [-0.39, 0.29) is 0 Å². The molecule has 0 aliphatic heterocycles. The van der Waals surface area contributed by atoms with Crippen LogP contribution in [0.15, 0.2) is 42.5 Å². The Hall–Kier alpha value is -1.44. The van der Waals surface area contributed by atoms with Crippen molar-refractivity contribution in [2.75, 3.05) is 7.11 Å². The molecule has 0 saturated heterocycles. The van der Waals surface area contributed by atoms with Gasteiger partial charge in [0.25, 0.3) is 0 Å². The molecule has 0 heterocycles. The number of methoxy groups -OCH3 is 1. The molecule has 0 unspecified atom stereocenters. The maximum atomic E-state index is 6.10. The second-order valence-corrected chi connectivity index (χ2v) is 4.53. The van der Waals surface area contributed by atoms with E-state index in [1.54, 1.807) is 13.2 Å². The minimum Gasteiger partial charge on any atom is -0.497 e. The predicted molar refractivity (Wildman–Crippen MR) is 78.4 cm³/mol. The van der Waals surface area contributed by atoms with Crippen molar-refractivity contribution in [2.24, 2.45) is 0 Å². The SMILES string of the molecule is COc1ccc(/C=C/c2cccc(Cl)c2Cl)cc1. The zero-order valence-electron chi connectivity index (χ0n) is 9.86. The molecule has 2 aromatic rings. The van der Waals surface area contributed by atoms with Crippen LogP contribution in [0.4, 0.5) is 0 Å². The van der Waals surface area contributed by atoms with E-state index in [9.17, 15) is 0 Å². The van der Waals surface area contributed by atoms with Crippen LogP contribution in [-0.2, 0) is 0 Å². The molecule has 2 aromatic carbocycles. The Morgan fingerprint density at radius 2 is 1.67 bits per heavy atom. The number of rotatable bonds is 3. The normalized spacial score (nSPS) is 10.8. The van der Waals surface area contributed by atoms with Gasteiger partial charge >= 0.3 is 0 Å². The van der Waals surface area contributed by atoms with Gasteiger partial charge in [0.15, 0.2) is 0 Å². The molecule has 0 aromatic heterocycles. The van der Waals surface area contributed by atoms with Crippen molar-refractivity contribution in [1.29, 1.82) is 0 Å². The molecule has 0 spiro atoms. The second-order valence-electron chi connectivity index (χ2n) is 3.75. The number of ether oxygens (including phenoxy) is 1. The monoisotopic (exact) mass is 278 g/mol. The van der Waals surface area contributed by atoms with Crippen molar-refractivity contribution >= 4 is 35.4 Å². The maximum absolute atomic E-state index is 6.10. The first-order chi connectivity index (χ1) is 8.70. The van der Waals surface area contributed by atoms with E-state index in [4.69, 9.17) is 27.9 Å². The lowest BCUT2D eigenvalue weighted by Gasteiger charge is -2.01. The van der Waals surface area contributed by atoms with Crippen molar-refractivity contribution in [1.82, 2.24) is 0 Å². The van der Waals surface area contributed by atoms with Gasteiger partial charge in [0, 0.05) is 0 Å². The van der Waals surface area contributed by atoms with Gasteiger partial charge in [-0.25, -0.2) is 0 Å². The van der Waals surface area contributed by atoms with Crippen LogP contribution in [0.25, 0.3) is 12.2 Å². The first-order valence-electron chi connectivity index (χ1n) is 5.47. The average molecular weight is 279 g/mol. The maximum Gasteiger partial charge on any atom is 0.118 e. The highest BCUT2D eigenvalue weighted by Crippen LogP contribution is 2.27. The minimum atomic E-state index is 0.563. The second kappa shape index (κ2) is 5.94. The molecule has 0 amide bonds. The number of benzene rings is 2. The Balaban J connectivity index is 2.21. The Morgan fingerprint density at radius 3 is 2.33 bits per heavy atom. The average Bonchev–Trinajstić information content (AvgIpc) is 2.41. The summed E-state index contributed by atoms with van der Waals surface area (Å²) in [6.45, 7) is 0. The zero-order valence-corrected chi connectivity index (χ0v) is 11.4. The fourth-order valence-corrected chi connectivity index (χ4v) is 1.92. The van der Waals surface area contributed by atoms with Crippen molar-refractivity contribution in [3.8, 4) is 5.75 Å². The molecular formula is C15H12Cl2O. The standard InChI is InChI=1S/C15H12Cl2O/c1-18-13-9-6-11(7-10-13)5-8-12-3-2-4-14(16)15(12)17/h2-10H,1H3/b8-5+. The summed E-state index contributed by atoms with van der Waals surface area (Å²) in [5, 5.41) is 1.14. The largest absolute Gasteiger partial charge is 0.497 e. The van der Waals surface area contributed by atoms with Gasteiger partial charge in [0.05, 0.1) is 17.2 Å². The van der Waals surface area contributed by atoms with Crippen LogP contribution >= 0.6 is 23.2 Å². The van der Waals surface area contributed by atoms with E-state index in [2.05, 4.69) is 0 Å². The first-order valence-corrected chi connectivity index (χ1v) is 6.22. The van der Waals surface area contributed by atoms with Crippen molar-refractivity contribution in [3.05, 3.63) is 63.6 Å². The van der Waals surface area contributed by atoms with Crippen molar-refractivity contribution < 1.29 is 4.74 Å². The van der Waals surface area contributed by atoms with Gasteiger partial charge in [0.1, 0.15) is 5.75 Å². The molecule has 0 N–H and O–H groups in total. The van der Waals surface area contributed by atoms with E-state index in [0.29, 0.717) is 10.0 Å². The summed E-state index contributed by atoms with van der Waals surface area (Å²) in [6.07, 6.45) is 3.92. The van der Waals surface area contributed by atoms with Crippen LogP contribution in [0.5, 0.6) is 5.75 Å². The first kappa shape index (κ1) is 13.0. The molecule has 0 bridgehead atoms. The van der Waals surface area contributed by atoms with Crippen LogP contribution < -0.4 is 4.74 Å². The summed E-state index contributed by atoms with van der Waals surface area (Å²) in [5.74, 6) is 0.841. The third-order valence-electron chi connectivity index (χ3n) is 2.55. The summed E-state index contributed by atoms with van der Waals surface area (Å²) >= 11 is 12.1. The van der Waals surface area contributed by atoms with Gasteiger partial charge in [-0.3, -0.25) is 0 Å². The van der Waals surface area contributed by atoms with Crippen molar-refractivity contribution in [2.45, 2.75) is 0 Å². The van der Waals surface area contributed by atoms with Gasteiger partial charge in [-0.2, -0.15) is 0 Å². The Bertz CT molecular complexity index is 559. The topological polar surface area (TPSA) is 9.23 Å². The molecule has 1 nitrogen and oxygen atoms in total. The minimum absolute atomic E-state index is 0.563. The Morgan fingerprint density at radius 1 is 0.944 bits per heavy atom. The fourth-order valence-electron chi connectivity index (χ4n) is 1.55.